The van der Waals surface area contributed by atoms with Crippen molar-refractivity contribution < 1.29 is 19.1 Å². The molecule has 1 N–H and O–H groups in total. The number of aromatic amines is 1. The molecule has 3 aromatic rings. The summed E-state index contributed by atoms with van der Waals surface area (Å²) in [5, 5.41) is 0.479. The van der Waals surface area contributed by atoms with Crippen molar-refractivity contribution in [3.05, 3.63) is 70.3 Å². The Morgan fingerprint density at radius 1 is 1.06 bits per heavy atom. The molecule has 0 spiro atoms. The maximum absolute atomic E-state index is 13.2. The van der Waals surface area contributed by atoms with Gasteiger partial charge >= 0.3 is 0 Å². The zero-order valence-electron chi connectivity index (χ0n) is 17.5. The summed E-state index contributed by atoms with van der Waals surface area (Å²) in [6.45, 7) is 0.683. The molecule has 0 atom stereocenters. The van der Waals surface area contributed by atoms with Gasteiger partial charge in [0, 0.05) is 32.1 Å². The number of amides is 3. The summed E-state index contributed by atoms with van der Waals surface area (Å²) in [6, 6.07) is 13.3. The van der Waals surface area contributed by atoms with Crippen molar-refractivity contribution in [3.63, 3.8) is 0 Å². The van der Waals surface area contributed by atoms with E-state index < -0.39 is 0 Å². The van der Waals surface area contributed by atoms with Gasteiger partial charge in [-0.3, -0.25) is 24.1 Å². The van der Waals surface area contributed by atoms with Crippen LogP contribution in [0.1, 0.15) is 29.0 Å². The number of anilines is 1. The Bertz CT molecular complexity index is 1220. The average molecular weight is 434 g/mol. The van der Waals surface area contributed by atoms with Crippen molar-refractivity contribution in [3.8, 4) is 0 Å². The van der Waals surface area contributed by atoms with E-state index in [-0.39, 0.29) is 49.2 Å². The van der Waals surface area contributed by atoms with E-state index in [0.29, 0.717) is 34.6 Å². The molecule has 0 radical (unpaired) electrons. The van der Waals surface area contributed by atoms with Crippen LogP contribution in [0, 0.1) is 0 Å². The summed E-state index contributed by atoms with van der Waals surface area (Å²) >= 11 is 0. The van der Waals surface area contributed by atoms with Crippen molar-refractivity contribution in [2.45, 2.75) is 19.4 Å². The number of imide groups is 1. The van der Waals surface area contributed by atoms with Crippen LogP contribution in [0.25, 0.3) is 10.9 Å². The van der Waals surface area contributed by atoms with Gasteiger partial charge in [0.15, 0.2) is 0 Å². The molecule has 1 aliphatic heterocycles. The second-order valence-corrected chi connectivity index (χ2v) is 7.42. The number of benzene rings is 2. The van der Waals surface area contributed by atoms with Crippen LogP contribution in [0.4, 0.5) is 5.69 Å². The number of methoxy groups -OCH3 is 1. The van der Waals surface area contributed by atoms with E-state index in [4.69, 9.17) is 4.74 Å². The lowest BCUT2D eigenvalue weighted by Crippen LogP contribution is -2.35. The van der Waals surface area contributed by atoms with Gasteiger partial charge in [-0.25, -0.2) is 4.98 Å². The van der Waals surface area contributed by atoms with Gasteiger partial charge in [0.05, 0.1) is 29.7 Å². The van der Waals surface area contributed by atoms with Crippen LogP contribution in [-0.2, 0) is 20.9 Å². The van der Waals surface area contributed by atoms with Crippen LogP contribution in [0.15, 0.2) is 53.3 Å². The van der Waals surface area contributed by atoms with E-state index in [0.717, 1.165) is 4.90 Å². The third kappa shape index (κ3) is 4.28. The molecule has 164 valence electrons. The van der Waals surface area contributed by atoms with E-state index in [1.165, 1.54) is 12.0 Å². The van der Waals surface area contributed by atoms with Crippen molar-refractivity contribution in [1.29, 1.82) is 0 Å². The molecule has 0 bridgehead atoms. The standard InChI is InChI=1S/C23H22N4O5/c1-32-13-12-26(14-19-24-18-5-3-2-4-17(18)22(30)25-19)23(31)15-6-8-16(9-7-15)27-20(28)10-11-21(27)29/h2-9H,10-14H2,1H3,(H,24,25,30). The normalized spacial score (nSPS) is 13.7. The van der Waals surface area contributed by atoms with Gasteiger partial charge in [-0.1, -0.05) is 12.1 Å². The number of para-hydroxylation sites is 1. The molecule has 1 saturated heterocycles. The number of ether oxygens (including phenoxy) is 1. The molecular formula is C23H22N4O5. The van der Waals surface area contributed by atoms with E-state index in [9.17, 15) is 19.2 Å². The first-order valence-corrected chi connectivity index (χ1v) is 10.2. The van der Waals surface area contributed by atoms with Crippen molar-refractivity contribution in [2.75, 3.05) is 25.2 Å². The summed E-state index contributed by atoms with van der Waals surface area (Å²) in [5.41, 5.74) is 1.11. The summed E-state index contributed by atoms with van der Waals surface area (Å²) < 4.78 is 5.13. The van der Waals surface area contributed by atoms with Gasteiger partial charge in [0.2, 0.25) is 11.8 Å². The number of nitrogens with one attached hydrogen (secondary N) is 1. The van der Waals surface area contributed by atoms with Crippen LogP contribution in [-0.4, -0.2) is 52.9 Å². The first-order chi connectivity index (χ1) is 15.5. The fourth-order valence-corrected chi connectivity index (χ4v) is 3.64. The number of nitrogens with zero attached hydrogens (tertiary/aromatic N) is 3. The second kappa shape index (κ2) is 9.11. The van der Waals surface area contributed by atoms with Crippen LogP contribution in [0.3, 0.4) is 0 Å². The molecule has 4 rings (SSSR count). The van der Waals surface area contributed by atoms with Crippen molar-refractivity contribution in [2.24, 2.45) is 0 Å². The lowest BCUT2D eigenvalue weighted by Gasteiger charge is -2.22. The predicted molar refractivity (Wildman–Crippen MR) is 117 cm³/mol. The topological polar surface area (TPSA) is 113 Å². The first kappa shape index (κ1) is 21.4. The highest BCUT2D eigenvalue weighted by Crippen LogP contribution is 2.23. The molecule has 0 saturated carbocycles. The second-order valence-electron chi connectivity index (χ2n) is 7.42. The fraction of sp³-hybridized carbons (Fsp3) is 0.261. The van der Waals surface area contributed by atoms with Crippen LogP contribution in [0.2, 0.25) is 0 Å². The monoisotopic (exact) mass is 434 g/mol. The lowest BCUT2D eigenvalue weighted by atomic mass is 10.1. The molecule has 0 unspecified atom stereocenters. The van der Waals surface area contributed by atoms with E-state index >= 15 is 0 Å². The third-order valence-corrected chi connectivity index (χ3v) is 5.28. The molecule has 2 aromatic carbocycles. The number of fused-ring (bicyclic) bond motifs is 1. The molecule has 1 aromatic heterocycles. The largest absolute Gasteiger partial charge is 0.383 e. The Hall–Kier alpha value is -3.85. The van der Waals surface area contributed by atoms with E-state index in [1.54, 1.807) is 48.5 Å². The highest BCUT2D eigenvalue weighted by molar-refractivity contribution is 6.19. The Balaban J connectivity index is 1.58. The summed E-state index contributed by atoms with van der Waals surface area (Å²) in [7, 11) is 1.54. The Labute approximate surface area is 183 Å². The van der Waals surface area contributed by atoms with Gasteiger partial charge in [-0.15, -0.1) is 0 Å². The summed E-state index contributed by atoms with van der Waals surface area (Å²) in [6.07, 6.45) is 0.391. The van der Waals surface area contributed by atoms with Crippen LogP contribution >= 0.6 is 0 Å². The Kier molecular flexibility index (Phi) is 6.09. The zero-order valence-corrected chi connectivity index (χ0v) is 17.5. The highest BCUT2D eigenvalue weighted by Gasteiger charge is 2.30. The fourth-order valence-electron chi connectivity index (χ4n) is 3.64. The van der Waals surface area contributed by atoms with Gasteiger partial charge in [0.25, 0.3) is 11.5 Å². The van der Waals surface area contributed by atoms with Crippen LogP contribution in [0.5, 0.6) is 0 Å². The minimum absolute atomic E-state index is 0.0904. The van der Waals surface area contributed by atoms with Crippen LogP contribution < -0.4 is 10.5 Å². The summed E-state index contributed by atoms with van der Waals surface area (Å²) in [5.74, 6) is -0.421. The quantitative estimate of drug-likeness (QED) is 0.568. The number of carbonyl (C=O) groups excluding carboxylic acids is 3. The minimum Gasteiger partial charge on any atom is -0.383 e. The number of rotatable bonds is 7. The summed E-state index contributed by atoms with van der Waals surface area (Å²) in [4.78, 5) is 59.3. The number of H-pyrrole nitrogens is 1. The third-order valence-electron chi connectivity index (χ3n) is 5.28. The first-order valence-electron chi connectivity index (χ1n) is 10.2. The maximum Gasteiger partial charge on any atom is 0.258 e. The molecule has 32 heavy (non-hydrogen) atoms. The Morgan fingerprint density at radius 3 is 2.44 bits per heavy atom. The van der Waals surface area contributed by atoms with E-state index in [2.05, 4.69) is 9.97 Å². The average Bonchev–Trinajstić information content (AvgIpc) is 3.14. The highest BCUT2D eigenvalue weighted by atomic mass is 16.5. The van der Waals surface area contributed by atoms with Gasteiger partial charge in [-0.05, 0) is 36.4 Å². The van der Waals surface area contributed by atoms with Gasteiger partial charge in [-0.2, -0.15) is 0 Å². The molecule has 1 aliphatic rings. The molecule has 3 amide bonds. The van der Waals surface area contributed by atoms with Gasteiger partial charge < -0.3 is 14.6 Å². The number of hydrogen-bond acceptors (Lipinski definition) is 6. The molecular weight excluding hydrogens is 412 g/mol. The van der Waals surface area contributed by atoms with Crippen molar-refractivity contribution >= 4 is 34.3 Å². The number of aromatic nitrogens is 2. The van der Waals surface area contributed by atoms with Crippen molar-refractivity contribution in [1.82, 2.24) is 14.9 Å². The SMILES string of the molecule is COCCN(Cc1nc2ccccc2c(=O)[nH]1)C(=O)c1ccc(N2C(=O)CCC2=O)cc1. The molecule has 1 fully saturated rings. The maximum atomic E-state index is 13.2. The lowest BCUT2D eigenvalue weighted by molar-refractivity contribution is -0.121. The molecule has 9 nitrogen and oxygen atoms in total. The smallest absolute Gasteiger partial charge is 0.258 e. The number of carbonyl (C=O) groups is 3. The zero-order chi connectivity index (χ0) is 22.7. The predicted octanol–water partition coefficient (Wildman–Crippen LogP) is 1.87. The minimum atomic E-state index is -0.288. The Morgan fingerprint density at radius 2 is 1.75 bits per heavy atom. The van der Waals surface area contributed by atoms with Gasteiger partial charge in [0.1, 0.15) is 5.82 Å². The molecule has 2 heterocycles. The molecule has 9 heteroatoms. The number of hydrogen-bond donors (Lipinski definition) is 1. The van der Waals surface area contributed by atoms with E-state index in [1.807, 2.05) is 0 Å². The molecule has 0 aliphatic carbocycles.